The highest BCUT2D eigenvalue weighted by Crippen LogP contribution is 2.15. The second kappa shape index (κ2) is 3.71. The number of likely N-dealkylation sites (tertiary alicyclic amines) is 1. The lowest BCUT2D eigenvalue weighted by Crippen LogP contribution is -2.33. The molecule has 2 aliphatic rings. The Morgan fingerprint density at radius 2 is 2.33 bits per heavy atom. The van der Waals surface area contributed by atoms with Gasteiger partial charge in [0.25, 0.3) is 0 Å². The van der Waals surface area contributed by atoms with E-state index in [9.17, 15) is 4.39 Å². The third kappa shape index (κ3) is 1.96. The van der Waals surface area contributed by atoms with Gasteiger partial charge in [-0.05, 0) is 19.3 Å². The van der Waals surface area contributed by atoms with Gasteiger partial charge in [0.05, 0.1) is 0 Å². The SMILES string of the molecule is FC1CCN(CC2CCC[N]2)C1. The Kier molecular flexibility index (Phi) is 2.61. The zero-order chi connectivity index (χ0) is 8.39. The lowest BCUT2D eigenvalue weighted by molar-refractivity contribution is 0.267. The molecule has 0 N–H and O–H groups in total. The maximum atomic E-state index is 12.8. The zero-order valence-corrected chi connectivity index (χ0v) is 7.38. The molecule has 2 saturated heterocycles. The maximum absolute atomic E-state index is 12.8. The lowest BCUT2D eigenvalue weighted by Gasteiger charge is -2.18. The predicted octanol–water partition coefficient (Wildman–Crippen LogP) is 0.797. The number of hydrogen-bond acceptors (Lipinski definition) is 1. The van der Waals surface area contributed by atoms with Crippen molar-refractivity contribution in [1.82, 2.24) is 10.2 Å². The van der Waals surface area contributed by atoms with Crippen LogP contribution >= 0.6 is 0 Å². The quantitative estimate of drug-likeness (QED) is 0.600. The normalized spacial score (nSPS) is 37.8. The molecule has 2 atom stereocenters. The molecule has 0 spiro atoms. The first-order valence-corrected chi connectivity index (χ1v) is 4.87. The monoisotopic (exact) mass is 171 g/mol. The van der Waals surface area contributed by atoms with E-state index >= 15 is 0 Å². The Bertz CT molecular complexity index is 145. The van der Waals surface area contributed by atoms with Crippen molar-refractivity contribution in [1.29, 1.82) is 0 Å². The Balaban J connectivity index is 1.72. The molecule has 2 fully saturated rings. The Morgan fingerprint density at radius 1 is 1.42 bits per heavy atom. The summed E-state index contributed by atoms with van der Waals surface area (Å²) in [5.41, 5.74) is 0. The van der Waals surface area contributed by atoms with Crippen molar-refractivity contribution in [2.45, 2.75) is 31.5 Å². The highest BCUT2D eigenvalue weighted by Gasteiger charge is 2.25. The standard InChI is InChI=1S/C9H16FN2/c10-8-3-5-12(6-8)7-9-2-1-4-11-9/h8-9H,1-7H2. The molecule has 2 aliphatic heterocycles. The topological polar surface area (TPSA) is 17.3 Å². The highest BCUT2D eigenvalue weighted by molar-refractivity contribution is 4.82. The summed E-state index contributed by atoms with van der Waals surface area (Å²) in [6.07, 6.45) is 2.60. The third-order valence-corrected chi connectivity index (χ3v) is 2.77. The van der Waals surface area contributed by atoms with Gasteiger partial charge in [0, 0.05) is 32.2 Å². The van der Waals surface area contributed by atoms with E-state index in [0.717, 1.165) is 26.1 Å². The summed E-state index contributed by atoms with van der Waals surface area (Å²) in [6, 6.07) is 0.510. The zero-order valence-electron chi connectivity index (χ0n) is 7.38. The summed E-state index contributed by atoms with van der Waals surface area (Å²) in [6.45, 7) is 3.61. The summed E-state index contributed by atoms with van der Waals surface area (Å²) in [7, 11) is 0. The molecule has 0 aromatic rings. The van der Waals surface area contributed by atoms with E-state index in [0.29, 0.717) is 12.6 Å². The van der Waals surface area contributed by atoms with Gasteiger partial charge in [0.1, 0.15) is 6.17 Å². The summed E-state index contributed by atoms with van der Waals surface area (Å²) in [5, 5.41) is 4.46. The fourth-order valence-electron chi connectivity index (χ4n) is 2.09. The van der Waals surface area contributed by atoms with Crippen molar-refractivity contribution < 1.29 is 4.39 Å². The highest BCUT2D eigenvalue weighted by atomic mass is 19.1. The second-order valence-corrected chi connectivity index (χ2v) is 3.85. The van der Waals surface area contributed by atoms with Crippen LogP contribution in [0.1, 0.15) is 19.3 Å². The van der Waals surface area contributed by atoms with Gasteiger partial charge in [-0.1, -0.05) is 0 Å². The fraction of sp³-hybridized carbons (Fsp3) is 1.00. The number of nitrogens with zero attached hydrogens (tertiary/aromatic N) is 2. The van der Waals surface area contributed by atoms with Crippen LogP contribution in [0.3, 0.4) is 0 Å². The lowest BCUT2D eigenvalue weighted by atomic mass is 10.2. The molecule has 2 nitrogen and oxygen atoms in total. The van der Waals surface area contributed by atoms with Crippen molar-refractivity contribution in [3.05, 3.63) is 0 Å². The molecule has 0 amide bonds. The molecule has 2 rings (SSSR count). The van der Waals surface area contributed by atoms with Crippen LogP contribution < -0.4 is 5.32 Å². The van der Waals surface area contributed by atoms with E-state index < -0.39 is 6.17 Å². The van der Waals surface area contributed by atoms with Crippen LogP contribution in [0.25, 0.3) is 0 Å². The Morgan fingerprint density at radius 3 is 2.92 bits per heavy atom. The molecule has 12 heavy (non-hydrogen) atoms. The first-order valence-electron chi connectivity index (χ1n) is 4.87. The van der Waals surface area contributed by atoms with Gasteiger partial charge in [0.15, 0.2) is 0 Å². The van der Waals surface area contributed by atoms with Crippen molar-refractivity contribution in [3.8, 4) is 0 Å². The van der Waals surface area contributed by atoms with Crippen molar-refractivity contribution >= 4 is 0 Å². The summed E-state index contributed by atoms with van der Waals surface area (Å²) in [4.78, 5) is 2.21. The van der Waals surface area contributed by atoms with E-state index in [1.165, 1.54) is 12.8 Å². The number of rotatable bonds is 2. The minimum atomic E-state index is -0.577. The minimum absolute atomic E-state index is 0.510. The summed E-state index contributed by atoms with van der Waals surface area (Å²) >= 11 is 0. The number of halogens is 1. The first kappa shape index (κ1) is 8.45. The van der Waals surface area contributed by atoms with Crippen LogP contribution in [-0.4, -0.2) is 43.3 Å². The molecule has 69 valence electrons. The molecule has 0 aliphatic carbocycles. The van der Waals surface area contributed by atoms with Crippen molar-refractivity contribution in [2.24, 2.45) is 0 Å². The molecular weight excluding hydrogens is 155 g/mol. The summed E-state index contributed by atoms with van der Waals surface area (Å²) in [5.74, 6) is 0. The molecule has 2 unspecified atom stereocenters. The van der Waals surface area contributed by atoms with E-state index in [4.69, 9.17) is 0 Å². The smallest absolute Gasteiger partial charge is 0.114 e. The average molecular weight is 171 g/mol. The molecular formula is C9H16FN2. The molecule has 0 aromatic heterocycles. The van der Waals surface area contributed by atoms with Crippen LogP contribution in [0.2, 0.25) is 0 Å². The van der Waals surface area contributed by atoms with Crippen LogP contribution in [0.5, 0.6) is 0 Å². The van der Waals surface area contributed by atoms with Gasteiger partial charge in [-0.3, -0.25) is 4.90 Å². The average Bonchev–Trinajstić information content (AvgIpc) is 2.63. The van der Waals surface area contributed by atoms with Crippen LogP contribution in [-0.2, 0) is 0 Å². The largest absolute Gasteiger partial charge is 0.299 e. The third-order valence-electron chi connectivity index (χ3n) is 2.77. The first-order chi connectivity index (χ1) is 5.84. The number of alkyl halides is 1. The van der Waals surface area contributed by atoms with Crippen molar-refractivity contribution in [2.75, 3.05) is 26.2 Å². The number of hydrogen-bond donors (Lipinski definition) is 0. The van der Waals surface area contributed by atoms with E-state index in [-0.39, 0.29) is 0 Å². The van der Waals surface area contributed by atoms with Gasteiger partial charge in [-0.2, -0.15) is 0 Å². The molecule has 2 heterocycles. The fourth-order valence-corrected chi connectivity index (χ4v) is 2.09. The summed E-state index contributed by atoms with van der Waals surface area (Å²) < 4.78 is 12.8. The van der Waals surface area contributed by atoms with Crippen molar-refractivity contribution in [3.63, 3.8) is 0 Å². The van der Waals surface area contributed by atoms with E-state index in [1.54, 1.807) is 0 Å². The van der Waals surface area contributed by atoms with Gasteiger partial charge in [-0.15, -0.1) is 0 Å². The van der Waals surface area contributed by atoms with E-state index in [2.05, 4.69) is 10.2 Å². The second-order valence-electron chi connectivity index (χ2n) is 3.85. The van der Waals surface area contributed by atoms with Crippen LogP contribution in [0, 0.1) is 0 Å². The van der Waals surface area contributed by atoms with Gasteiger partial charge in [-0.25, -0.2) is 9.71 Å². The van der Waals surface area contributed by atoms with Gasteiger partial charge >= 0.3 is 0 Å². The molecule has 3 heteroatoms. The Labute approximate surface area is 73.1 Å². The minimum Gasteiger partial charge on any atom is -0.299 e. The predicted molar refractivity (Wildman–Crippen MR) is 46.0 cm³/mol. The molecule has 0 aromatic carbocycles. The molecule has 0 bridgehead atoms. The molecule has 1 radical (unpaired) electrons. The van der Waals surface area contributed by atoms with Crippen LogP contribution in [0.4, 0.5) is 4.39 Å². The van der Waals surface area contributed by atoms with Crippen LogP contribution in [0.15, 0.2) is 0 Å². The Hall–Kier alpha value is -0.150. The van der Waals surface area contributed by atoms with E-state index in [1.807, 2.05) is 0 Å². The molecule has 0 saturated carbocycles. The maximum Gasteiger partial charge on any atom is 0.114 e. The van der Waals surface area contributed by atoms with Gasteiger partial charge in [0.2, 0.25) is 0 Å². The van der Waals surface area contributed by atoms with Gasteiger partial charge < -0.3 is 0 Å².